The molecule has 0 bridgehead atoms. The third-order valence-corrected chi connectivity index (χ3v) is 6.36. The molecule has 1 aliphatic carbocycles. The number of amides is 1. The molecule has 0 saturated carbocycles. The van der Waals surface area contributed by atoms with Crippen LogP contribution in [0.3, 0.4) is 0 Å². The molecule has 2 saturated heterocycles. The van der Waals surface area contributed by atoms with Gasteiger partial charge in [0.2, 0.25) is 0 Å². The Morgan fingerprint density at radius 1 is 1.00 bits per heavy atom. The molecule has 5 heteroatoms. The maximum Gasteiger partial charge on any atom is 0.274 e. The van der Waals surface area contributed by atoms with Crippen LogP contribution in [-0.4, -0.2) is 58.1 Å². The Bertz CT molecular complexity index is 596. The normalized spacial score (nSPS) is 28.6. The molecule has 0 spiro atoms. The van der Waals surface area contributed by atoms with Gasteiger partial charge in [-0.2, -0.15) is 5.10 Å². The van der Waals surface area contributed by atoms with Gasteiger partial charge in [-0.25, -0.2) is 0 Å². The number of H-pyrrole nitrogens is 1. The fourth-order valence-electron chi connectivity index (χ4n) is 4.97. The van der Waals surface area contributed by atoms with Crippen molar-refractivity contribution in [3.05, 3.63) is 17.0 Å². The van der Waals surface area contributed by atoms with Gasteiger partial charge in [-0.3, -0.25) is 9.89 Å². The van der Waals surface area contributed by atoms with Gasteiger partial charge < -0.3 is 9.80 Å². The van der Waals surface area contributed by atoms with Crippen molar-refractivity contribution >= 4 is 5.91 Å². The predicted octanol–water partition coefficient (Wildman–Crippen LogP) is 2.77. The van der Waals surface area contributed by atoms with Gasteiger partial charge in [-0.05, 0) is 52.0 Å². The maximum atomic E-state index is 13.4. The number of likely N-dealkylation sites (N-methyl/N-ethyl adjacent to an activating group) is 1. The highest BCUT2D eigenvalue weighted by Gasteiger charge is 2.40. The third-order valence-electron chi connectivity index (χ3n) is 6.36. The Labute approximate surface area is 144 Å². The van der Waals surface area contributed by atoms with Gasteiger partial charge >= 0.3 is 0 Å². The minimum atomic E-state index is 0.181. The number of carbonyl (C=O) groups is 1. The smallest absolute Gasteiger partial charge is 0.274 e. The Hall–Kier alpha value is -1.36. The summed E-state index contributed by atoms with van der Waals surface area (Å²) in [6.07, 6.45) is 11.7. The number of aromatic amines is 1. The molecule has 132 valence electrons. The van der Waals surface area contributed by atoms with Gasteiger partial charge in [0.1, 0.15) is 0 Å². The standard InChI is InChI=1S/C19H30N4O/c1-22-13-11-17-16(22)10-6-7-12-23(17)19(24)18-14-8-4-2-3-5-9-15(14)20-21-18/h16-17H,2-13H2,1H3,(H,20,21)/t16-,17-/m1/s1. The van der Waals surface area contributed by atoms with Crippen molar-refractivity contribution in [2.45, 2.75) is 76.3 Å². The monoisotopic (exact) mass is 330 g/mol. The van der Waals surface area contributed by atoms with Crippen molar-refractivity contribution in [3.8, 4) is 0 Å². The number of carbonyl (C=O) groups excluding carboxylic acids is 1. The van der Waals surface area contributed by atoms with Crippen LogP contribution in [-0.2, 0) is 12.8 Å². The van der Waals surface area contributed by atoms with Crippen molar-refractivity contribution in [1.29, 1.82) is 0 Å². The highest BCUT2D eigenvalue weighted by molar-refractivity contribution is 5.94. The number of rotatable bonds is 1. The molecule has 0 aromatic carbocycles. The van der Waals surface area contributed by atoms with Gasteiger partial charge in [0, 0.05) is 36.4 Å². The number of aromatic nitrogens is 2. The molecule has 3 heterocycles. The molecule has 4 rings (SSSR count). The predicted molar refractivity (Wildman–Crippen MR) is 94.2 cm³/mol. The first-order valence-electron chi connectivity index (χ1n) is 9.83. The van der Waals surface area contributed by atoms with Gasteiger partial charge in [-0.15, -0.1) is 0 Å². The van der Waals surface area contributed by atoms with Crippen LogP contribution in [0, 0.1) is 0 Å². The van der Waals surface area contributed by atoms with Crippen molar-refractivity contribution in [1.82, 2.24) is 20.0 Å². The van der Waals surface area contributed by atoms with E-state index in [-0.39, 0.29) is 5.91 Å². The van der Waals surface area contributed by atoms with Crippen LogP contribution in [0.1, 0.15) is 73.1 Å². The lowest BCUT2D eigenvalue weighted by Gasteiger charge is -2.32. The Kier molecular flexibility index (Phi) is 4.61. The zero-order chi connectivity index (χ0) is 16.5. The lowest BCUT2D eigenvalue weighted by atomic mass is 9.96. The highest BCUT2D eigenvalue weighted by atomic mass is 16.2. The van der Waals surface area contributed by atoms with Crippen molar-refractivity contribution < 1.29 is 4.79 Å². The van der Waals surface area contributed by atoms with E-state index in [1.54, 1.807) is 0 Å². The number of aryl methyl sites for hydroxylation is 1. The minimum absolute atomic E-state index is 0.181. The van der Waals surface area contributed by atoms with Crippen LogP contribution in [0.4, 0.5) is 0 Å². The van der Waals surface area contributed by atoms with E-state index in [0.29, 0.717) is 12.1 Å². The summed E-state index contributed by atoms with van der Waals surface area (Å²) in [6.45, 7) is 2.01. The topological polar surface area (TPSA) is 52.2 Å². The molecule has 2 fully saturated rings. The SMILES string of the molecule is CN1CC[C@@H]2[C@H]1CCCCN2C(=O)c1n[nH]c2c1CCCCCC2. The molecule has 3 aliphatic rings. The van der Waals surface area contributed by atoms with Crippen LogP contribution in [0.2, 0.25) is 0 Å². The fraction of sp³-hybridized carbons (Fsp3) is 0.789. The number of fused-ring (bicyclic) bond motifs is 2. The number of nitrogens with one attached hydrogen (secondary N) is 1. The second kappa shape index (κ2) is 6.87. The third kappa shape index (κ3) is 2.87. The average molecular weight is 330 g/mol. The second-order valence-electron chi connectivity index (χ2n) is 7.84. The quantitative estimate of drug-likeness (QED) is 0.861. The summed E-state index contributed by atoms with van der Waals surface area (Å²) in [6, 6.07) is 0.920. The molecule has 2 aliphatic heterocycles. The summed E-state index contributed by atoms with van der Waals surface area (Å²) in [7, 11) is 2.21. The van der Waals surface area contributed by atoms with Crippen LogP contribution < -0.4 is 0 Å². The molecule has 24 heavy (non-hydrogen) atoms. The average Bonchev–Trinajstić information content (AvgIpc) is 3.03. The van der Waals surface area contributed by atoms with E-state index in [9.17, 15) is 4.79 Å². The summed E-state index contributed by atoms with van der Waals surface area (Å²) >= 11 is 0. The first-order chi connectivity index (χ1) is 11.8. The highest BCUT2D eigenvalue weighted by Crippen LogP contribution is 2.31. The van der Waals surface area contributed by atoms with Gasteiger partial charge in [0.05, 0.1) is 0 Å². The fourth-order valence-corrected chi connectivity index (χ4v) is 4.97. The van der Waals surface area contributed by atoms with Gasteiger partial charge in [0.25, 0.3) is 5.91 Å². The van der Waals surface area contributed by atoms with Crippen molar-refractivity contribution in [3.63, 3.8) is 0 Å². The van der Waals surface area contributed by atoms with E-state index < -0.39 is 0 Å². The van der Waals surface area contributed by atoms with E-state index >= 15 is 0 Å². The number of hydrogen-bond donors (Lipinski definition) is 1. The van der Waals surface area contributed by atoms with Crippen LogP contribution in [0.5, 0.6) is 0 Å². The largest absolute Gasteiger partial charge is 0.333 e. The minimum Gasteiger partial charge on any atom is -0.333 e. The zero-order valence-electron chi connectivity index (χ0n) is 14.9. The Morgan fingerprint density at radius 3 is 2.71 bits per heavy atom. The first kappa shape index (κ1) is 16.1. The zero-order valence-corrected chi connectivity index (χ0v) is 14.9. The molecular formula is C19H30N4O. The van der Waals surface area contributed by atoms with E-state index in [0.717, 1.165) is 44.5 Å². The summed E-state index contributed by atoms with van der Waals surface area (Å²) in [4.78, 5) is 18.0. The molecule has 5 nitrogen and oxygen atoms in total. The van der Waals surface area contributed by atoms with Crippen molar-refractivity contribution in [2.24, 2.45) is 0 Å². The molecule has 1 amide bonds. The maximum absolute atomic E-state index is 13.4. The molecule has 0 radical (unpaired) electrons. The van der Waals surface area contributed by atoms with E-state index in [4.69, 9.17) is 0 Å². The summed E-state index contributed by atoms with van der Waals surface area (Å²) in [5.41, 5.74) is 3.15. The number of likely N-dealkylation sites (tertiary alicyclic amines) is 2. The Morgan fingerprint density at radius 2 is 1.83 bits per heavy atom. The molecule has 1 N–H and O–H groups in total. The molecule has 1 aromatic heterocycles. The van der Waals surface area contributed by atoms with Gasteiger partial charge in [0.15, 0.2) is 5.69 Å². The summed E-state index contributed by atoms with van der Waals surface area (Å²) in [5, 5.41) is 7.68. The molecule has 1 aromatic rings. The summed E-state index contributed by atoms with van der Waals surface area (Å²) < 4.78 is 0. The molecular weight excluding hydrogens is 300 g/mol. The first-order valence-corrected chi connectivity index (χ1v) is 9.83. The number of hydrogen-bond acceptors (Lipinski definition) is 3. The number of nitrogens with zero attached hydrogens (tertiary/aromatic N) is 3. The molecule has 2 atom stereocenters. The van der Waals surface area contributed by atoms with Crippen LogP contribution in [0.25, 0.3) is 0 Å². The summed E-state index contributed by atoms with van der Waals surface area (Å²) in [5.74, 6) is 0.181. The van der Waals surface area contributed by atoms with E-state index in [1.807, 2.05) is 0 Å². The van der Waals surface area contributed by atoms with Crippen LogP contribution in [0.15, 0.2) is 0 Å². The van der Waals surface area contributed by atoms with E-state index in [2.05, 4.69) is 27.0 Å². The Balaban J connectivity index is 1.61. The lowest BCUT2D eigenvalue weighted by Crippen LogP contribution is -2.46. The lowest BCUT2D eigenvalue weighted by molar-refractivity contribution is 0.0652. The van der Waals surface area contributed by atoms with Crippen LogP contribution >= 0.6 is 0 Å². The van der Waals surface area contributed by atoms with Gasteiger partial charge in [-0.1, -0.05) is 19.3 Å². The van der Waals surface area contributed by atoms with Crippen molar-refractivity contribution in [2.75, 3.05) is 20.1 Å². The second-order valence-corrected chi connectivity index (χ2v) is 7.84. The molecule has 0 unspecified atom stereocenters. The van der Waals surface area contributed by atoms with E-state index in [1.165, 1.54) is 49.8 Å².